The number of likely N-dealkylation sites (tertiary alicyclic amines) is 1. The molecule has 3 heterocycles. The monoisotopic (exact) mass is 1170 g/mol. The molecule has 2 aliphatic heterocycles. The number of carbonyl (C=O) groups is 9. The van der Waals surface area contributed by atoms with Crippen LogP contribution in [-0.4, -0.2) is 152 Å². The van der Waals surface area contributed by atoms with Crippen molar-refractivity contribution in [3.8, 4) is 17.6 Å². The molecule has 8 amide bonds. The minimum Gasteiger partial charge on any atom is -0.508 e. The number of nitrogens with two attached hydrogens (primary N) is 2. The number of allylic oxidation sites excluding steroid dienone is 3. The van der Waals surface area contributed by atoms with Gasteiger partial charge in [-0.2, -0.15) is 0 Å². The summed E-state index contributed by atoms with van der Waals surface area (Å²) in [6.07, 6.45) is 8.17. The maximum Gasteiger partial charge on any atom is 0.327 e. The standard InChI is InChI=1S/C59H71N11O11S2/c1-35-52(73)67-47(31-39-32-62-44-17-10-9-16-42(39)44)56(77)69-49(59(80)81)34-83-82-27-25-45(54(75)65-40(21-24-51(61)72)33-63-46(55(76)64-35)29-36-14-7-4-8-15-36)66-57(78)50-18-11-26-70(50)58(79)48(30-37-12-5-2-3-6-13-37)68-53(74)43(60)28-38-19-22-41(71)23-20-38/h2,4-5,7-10,12,14-17,19-20,22-23,32,35,40,43,45-50,62-63,71H,3,11,18,21,24-31,33-34,60H2,1H3,(H2,61,72)(H,64,76)(H,65,75)(H,66,78)(H,67,73)(H,68,74)(H,69,77)(H,80,81)/t35-,40-,43+,45+,46-,47-,48-,49-,50-/m0/s1. The van der Waals surface area contributed by atoms with E-state index in [-0.39, 0.29) is 81.7 Å². The third-order valence-corrected chi connectivity index (χ3v) is 16.8. The number of phenols is 1. The van der Waals surface area contributed by atoms with E-state index in [1.807, 2.05) is 48.5 Å². The molecule has 83 heavy (non-hydrogen) atoms. The second kappa shape index (κ2) is 30.8. The van der Waals surface area contributed by atoms with Gasteiger partial charge >= 0.3 is 5.97 Å². The van der Waals surface area contributed by atoms with Crippen LogP contribution < -0.4 is 48.7 Å². The molecular formula is C59H71N11O11S2. The van der Waals surface area contributed by atoms with Crippen molar-refractivity contribution < 1.29 is 53.4 Å². The Morgan fingerprint density at radius 1 is 0.831 bits per heavy atom. The molecule has 24 heteroatoms. The molecule has 22 nitrogen and oxygen atoms in total. The van der Waals surface area contributed by atoms with Gasteiger partial charge in [-0.05, 0) is 80.3 Å². The number of hydrogen-bond donors (Lipinski definition) is 12. The Hall–Kier alpha value is -8.11. The van der Waals surface area contributed by atoms with Gasteiger partial charge in [-0.15, -0.1) is 0 Å². The molecule has 2 saturated heterocycles. The number of H-pyrrole nitrogens is 1. The molecule has 0 spiro atoms. The maximum atomic E-state index is 14.7. The van der Waals surface area contributed by atoms with Gasteiger partial charge in [0.05, 0.1) is 12.1 Å². The second-order valence-corrected chi connectivity index (χ2v) is 23.3. The number of rotatable bonds is 17. The van der Waals surface area contributed by atoms with Crippen molar-refractivity contribution in [1.82, 2.24) is 47.1 Å². The van der Waals surface area contributed by atoms with Crippen LogP contribution >= 0.6 is 21.6 Å². The Balaban J connectivity index is 1.14. The van der Waals surface area contributed by atoms with Gasteiger partial charge in [0.15, 0.2) is 0 Å². The minimum absolute atomic E-state index is 0.0143. The van der Waals surface area contributed by atoms with Crippen molar-refractivity contribution in [2.24, 2.45) is 11.5 Å². The molecule has 1 aromatic heterocycles. The van der Waals surface area contributed by atoms with E-state index < -0.39 is 108 Å². The van der Waals surface area contributed by atoms with E-state index in [1.54, 1.807) is 42.6 Å². The highest BCUT2D eigenvalue weighted by atomic mass is 33.1. The molecule has 0 unspecified atom stereocenters. The van der Waals surface area contributed by atoms with Crippen molar-refractivity contribution in [2.75, 3.05) is 24.6 Å². The number of primary amides is 1. The third-order valence-electron chi connectivity index (χ3n) is 14.3. The van der Waals surface area contributed by atoms with Gasteiger partial charge in [0.2, 0.25) is 47.3 Å². The first-order valence-electron chi connectivity index (χ1n) is 27.5. The van der Waals surface area contributed by atoms with Crippen LogP contribution in [0.15, 0.2) is 109 Å². The molecule has 1 aliphatic carbocycles. The van der Waals surface area contributed by atoms with Gasteiger partial charge in [-0.25, -0.2) is 4.79 Å². The van der Waals surface area contributed by atoms with E-state index in [0.717, 1.165) is 27.3 Å². The van der Waals surface area contributed by atoms with Gasteiger partial charge in [0.1, 0.15) is 42.0 Å². The molecule has 7 rings (SSSR count). The lowest BCUT2D eigenvalue weighted by atomic mass is 10.0. The van der Waals surface area contributed by atoms with Crippen LogP contribution in [0, 0.1) is 11.8 Å². The fraction of sp³-hybridized carbons (Fsp3) is 0.407. The molecule has 0 saturated carbocycles. The predicted molar refractivity (Wildman–Crippen MR) is 316 cm³/mol. The summed E-state index contributed by atoms with van der Waals surface area (Å²) < 4.78 is 0. The molecule has 4 aromatic rings. The van der Waals surface area contributed by atoms with Gasteiger partial charge in [0.25, 0.3) is 0 Å². The number of nitrogens with one attached hydrogen (secondary N) is 8. The van der Waals surface area contributed by atoms with Gasteiger partial charge < -0.3 is 68.8 Å². The number of phenolic OH excluding ortho intramolecular Hbond substituents is 1. The first kappa shape index (κ1) is 62.5. The lowest BCUT2D eigenvalue weighted by Gasteiger charge is -2.31. The molecule has 3 aliphatic rings. The van der Waals surface area contributed by atoms with E-state index in [4.69, 9.17) is 11.5 Å². The number of para-hydroxylation sites is 1. The Morgan fingerprint density at radius 2 is 1.58 bits per heavy atom. The quantitative estimate of drug-likeness (QED) is 0.0527. The van der Waals surface area contributed by atoms with Crippen molar-refractivity contribution in [3.05, 3.63) is 126 Å². The first-order chi connectivity index (χ1) is 39.9. The van der Waals surface area contributed by atoms with Crippen LogP contribution in [-0.2, 0) is 62.4 Å². The summed E-state index contributed by atoms with van der Waals surface area (Å²) in [5.41, 5.74) is 15.4. The van der Waals surface area contributed by atoms with Crippen LogP contribution in [0.3, 0.4) is 0 Å². The zero-order valence-corrected chi connectivity index (χ0v) is 47.5. The van der Waals surface area contributed by atoms with Gasteiger partial charge in [-0.1, -0.05) is 112 Å². The fourth-order valence-corrected chi connectivity index (χ4v) is 12.0. The summed E-state index contributed by atoms with van der Waals surface area (Å²) in [5.74, 6) is -0.573. The van der Waals surface area contributed by atoms with E-state index in [9.17, 15) is 53.4 Å². The average molecular weight is 1170 g/mol. The fourth-order valence-electron chi connectivity index (χ4n) is 9.78. The van der Waals surface area contributed by atoms with Crippen molar-refractivity contribution in [2.45, 2.75) is 126 Å². The molecule has 3 aromatic carbocycles. The lowest BCUT2D eigenvalue weighted by molar-refractivity contribution is -0.142. The van der Waals surface area contributed by atoms with Gasteiger partial charge in [-0.3, -0.25) is 38.4 Å². The highest BCUT2D eigenvalue weighted by Crippen LogP contribution is 2.26. The number of hydrogen-bond acceptors (Lipinski definition) is 14. The topological polar surface area (TPSA) is 349 Å². The number of amides is 8. The van der Waals surface area contributed by atoms with Gasteiger partial charge in [0, 0.05) is 79.0 Å². The van der Waals surface area contributed by atoms with E-state index in [0.29, 0.717) is 29.5 Å². The molecular weight excluding hydrogens is 1100 g/mol. The largest absolute Gasteiger partial charge is 0.508 e. The van der Waals surface area contributed by atoms with Crippen molar-refractivity contribution in [1.29, 1.82) is 0 Å². The number of aromatic hydroxyl groups is 1. The van der Waals surface area contributed by atoms with Crippen molar-refractivity contribution >= 4 is 85.7 Å². The van der Waals surface area contributed by atoms with E-state index in [1.165, 1.54) is 34.8 Å². The number of fused-ring (bicyclic) bond motifs is 1. The zero-order valence-electron chi connectivity index (χ0n) is 45.9. The Morgan fingerprint density at radius 3 is 2.34 bits per heavy atom. The summed E-state index contributed by atoms with van der Waals surface area (Å²) in [7, 11) is 2.28. The highest BCUT2D eigenvalue weighted by molar-refractivity contribution is 8.76. The lowest BCUT2D eigenvalue weighted by Crippen LogP contribution is -2.59. The molecule has 440 valence electrons. The molecule has 2 fully saturated rings. The van der Waals surface area contributed by atoms with Crippen molar-refractivity contribution in [3.63, 3.8) is 0 Å². The molecule has 9 atom stereocenters. The number of carboxylic acid groups (broad SMARTS) is 1. The van der Waals surface area contributed by atoms with Crippen LogP contribution in [0.4, 0.5) is 0 Å². The summed E-state index contributed by atoms with van der Waals surface area (Å²) in [6, 6.07) is 12.1. The number of aromatic amines is 1. The SMILES string of the molecule is C[C@@H]1NC(=O)[C@H](Cc2ccccc2)NC[C@H](CCC(N)=O)NC(=O)[C@H](NC(=O)[C@@H]2CCCN2C(=O)[C@H](CC2=CC=CCC#C2)NC(=O)[C@H](N)Cc2ccc(O)cc2)CCSSC[C@@H](C(=O)O)NC(=O)[C@H](Cc2c[nH]c3ccccc23)NC1=O. The first-order valence-corrected chi connectivity index (χ1v) is 30.0. The second-order valence-electron chi connectivity index (χ2n) is 20.6. The normalized spacial score (nSPS) is 23.0. The predicted octanol–water partition coefficient (Wildman–Crippen LogP) is 1.52. The van der Waals surface area contributed by atoms with Crippen LogP contribution in [0.1, 0.15) is 68.6 Å². The molecule has 0 bridgehead atoms. The summed E-state index contributed by atoms with van der Waals surface area (Å²) in [5, 5.41) is 40.8. The minimum atomic E-state index is -1.44. The molecule has 0 radical (unpaired) electrons. The summed E-state index contributed by atoms with van der Waals surface area (Å²) in [4.78, 5) is 130. The third kappa shape index (κ3) is 18.7. The smallest absolute Gasteiger partial charge is 0.327 e. The summed E-state index contributed by atoms with van der Waals surface area (Å²) in [6.45, 7) is 1.50. The number of aliphatic carboxylic acids is 1. The number of nitrogens with zero attached hydrogens (tertiary/aromatic N) is 1. The summed E-state index contributed by atoms with van der Waals surface area (Å²) >= 11 is 0. The number of aromatic nitrogens is 1. The zero-order chi connectivity index (χ0) is 59.4. The highest BCUT2D eigenvalue weighted by Gasteiger charge is 2.40. The number of carbonyl (C=O) groups excluding carboxylic acids is 8. The van der Waals surface area contributed by atoms with E-state index >= 15 is 0 Å². The average Bonchev–Trinajstić information content (AvgIpc) is 4.29. The van der Waals surface area contributed by atoms with Crippen LogP contribution in [0.5, 0.6) is 5.75 Å². The Kier molecular flexibility index (Phi) is 23.2. The Labute approximate surface area is 488 Å². The Bertz CT molecular complexity index is 3110. The van der Waals surface area contributed by atoms with Crippen LogP contribution in [0.25, 0.3) is 10.9 Å². The molecule has 14 N–H and O–H groups in total. The number of benzene rings is 3. The maximum absolute atomic E-state index is 14.7. The van der Waals surface area contributed by atoms with Crippen LogP contribution in [0.2, 0.25) is 0 Å². The number of carboxylic acids is 1. The van der Waals surface area contributed by atoms with E-state index in [2.05, 4.69) is 54.0 Å².